The van der Waals surface area contributed by atoms with Gasteiger partial charge in [-0.1, -0.05) is 36.9 Å². The van der Waals surface area contributed by atoms with Crippen molar-refractivity contribution < 1.29 is 0 Å². The van der Waals surface area contributed by atoms with Crippen LogP contribution in [0.2, 0.25) is 5.02 Å². The number of aromatic nitrogens is 2. The van der Waals surface area contributed by atoms with Gasteiger partial charge in [-0.2, -0.15) is 0 Å². The van der Waals surface area contributed by atoms with E-state index in [1.807, 2.05) is 36.7 Å². The summed E-state index contributed by atoms with van der Waals surface area (Å²) in [5.41, 5.74) is 1.04. The topological polar surface area (TPSA) is 29.9 Å². The Kier molecular flexibility index (Phi) is 3.74. The smallest absolute Gasteiger partial charge is 0.207 e. The molecule has 1 heterocycles. The van der Waals surface area contributed by atoms with Gasteiger partial charge in [0.25, 0.3) is 0 Å². The molecule has 0 unspecified atom stereocenters. The maximum Gasteiger partial charge on any atom is 0.207 e. The molecule has 2 aromatic rings. The Bertz CT molecular complexity index is 544. The fourth-order valence-corrected chi connectivity index (χ4v) is 2.86. The van der Waals surface area contributed by atoms with E-state index in [9.17, 15) is 0 Å². The molecule has 0 amide bonds. The highest BCUT2D eigenvalue weighted by molar-refractivity contribution is 6.30. The minimum Gasteiger partial charge on any atom is -0.353 e. The Balaban J connectivity index is 1.81. The minimum absolute atomic E-state index is 0.550. The van der Waals surface area contributed by atoms with Crippen molar-refractivity contribution in [2.45, 2.75) is 38.1 Å². The van der Waals surface area contributed by atoms with Gasteiger partial charge in [-0.05, 0) is 31.0 Å². The summed E-state index contributed by atoms with van der Waals surface area (Å²) in [6, 6.07) is 8.39. The number of anilines is 1. The Morgan fingerprint density at radius 1 is 1.21 bits per heavy atom. The Morgan fingerprint density at radius 2 is 2.05 bits per heavy atom. The molecule has 0 radical (unpaired) electrons. The monoisotopic (exact) mass is 275 g/mol. The molecule has 4 heteroatoms. The van der Waals surface area contributed by atoms with Crippen molar-refractivity contribution in [1.82, 2.24) is 9.55 Å². The standard InChI is InChI=1S/C15H18ClN3/c16-12-5-4-8-14(11-12)19-10-9-17-15(19)18-13-6-2-1-3-7-13/h4-5,8-11,13H,1-3,6-7H2,(H,17,18). The number of imidazole rings is 1. The number of benzene rings is 1. The zero-order chi connectivity index (χ0) is 13.1. The van der Waals surface area contributed by atoms with Crippen molar-refractivity contribution in [2.24, 2.45) is 0 Å². The van der Waals surface area contributed by atoms with Gasteiger partial charge in [-0.3, -0.25) is 4.57 Å². The largest absolute Gasteiger partial charge is 0.353 e. The van der Waals surface area contributed by atoms with Crippen LogP contribution in [0.1, 0.15) is 32.1 Å². The van der Waals surface area contributed by atoms with Crippen LogP contribution in [0.15, 0.2) is 36.7 Å². The Labute approximate surface area is 118 Å². The van der Waals surface area contributed by atoms with Gasteiger partial charge in [0.15, 0.2) is 0 Å². The normalized spacial score (nSPS) is 16.5. The summed E-state index contributed by atoms with van der Waals surface area (Å²) < 4.78 is 2.06. The van der Waals surface area contributed by atoms with Crippen LogP contribution in [0.5, 0.6) is 0 Å². The third-order valence-corrected chi connectivity index (χ3v) is 3.90. The lowest BCUT2D eigenvalue weighted by Gasteiger charge is -2.23. The van der Waals surface area contributed by atoms with E-state index in [0.29, 0.717) is 6.04 Å². The van der Waals surface area contributed by atoms with Crippen molar-refractivity contribution in [3.8, 4) is 5.69 Å². The lowest BCUT2D eigenvalue weighted by atomic mass is 9.96. The van der Waals surface area contributed by atoms with Crippen LogP contribution in [-0.4, -0.2) is 15.6 Å². The number of hydrogen-bond donors (Lipinski definition) is 1. The van der Waals surface area contributed by atoms with Gasteiger partial charge in [0.1, 0.15) is 0 Å². The van der Waals surface area contributed by atoms with Gasteiger partial charge >= 0.3 is 0 Å². The van der Waals surface area contributed by atoms with Crippen LogP contribution in [-0.2, 0) is 0 Å². The highest BCUT2D eigenvalue weighted by Gasteiger charge is 2.15. The van der Waals surface area contributed by atoms with E-state index in [4.69, 9.17) is 11.6 Å². The molecule has 0 atom stereocenters. The lowest BCUT2D eigenvalue weighted by molar-refractivity contribution is 0.460. The molecule has 0 spiro atoms. The van der Waals surface area contributed by atoms with Crippen LogP contribution < -0.4 is 5.32 Å². The zero-order valence-corrected chi connectivity index (χ0v) is 11.6. The fraction of sp³-hybridized carbons (Fsp3) is 0.400. The van der Waals surface area contributed by atoms with Gasteiger partial charge in [-0.25, -0.2) is 4.98 Å². The maximum atomic E-state index is 6.05. The number of halogens is 1. The molecule has 1 aliphatic carbocycles. The maximum absolute atomic E-state index is 6.05. The molecule has 1 aromatic carbocycles. The van der Waals surface area contributed by atoms with Crippen LogP contribution in [0.25, 0.3) is 5.69 Å². The third kappa shape index (κ3) is 2.92. The van der Waals surface area contributed by atoms with E-state index in [2.05, 4.69) is 14.9 Å². The molecule has 1 saturated carbocycles. The summed E-state index contributed by atoms with van der Waals surface area (Å²) in [6.45, 7) is 0. The summed E-state index contributed by atoms with van der Waals surface area (Å²) in [5, 5.41) is 4.30. The summed E-state index contributed by atoms with van der Waals surface area (Å²) in [7, 11) is 0. The molecule has 100 valence electrons. The zero-order valence-electron chi connectivity index (χ0n) is 10.8. The van der Waals surface area contributed by atoms with E-state index < -0.39 is 0 Å². The van der Waals surface area contributed by atoms with Gasteiger partial charge in [0.05, 0.1) is 0 Å². The van der Waals surface area contributed by atoms with E-state index in [1.165, 1.54) is 32.1 Å². The summed E-state index contributed by atoms with van der Waals surface area (Å²) in [6.07, 6.45) is 10.3. The van der Waals surface area contributed by atoms with E-state index >= 15 is 0 Å². The molecule has 1 fully saturated rings. The molecule has 0 bridgehead atoms. The minimum atomic E-state index is 0.550. The lowest BCUT2D eigenvalue weighted by Crippen LogP contribution is -2.24. The first-order chi connectivity index (χ1) is 9.33. The number of nitrogens with one attached hydrogen (secondary N) is 1. The second-order valence-electron chi connectivity index (χ2n) is 5.08. The molecular formula is C15H18ClN3. The van der Waals surface area contributed by atoms with Gasteiger partial charge in [-0.15, -0.1) is 0 Å². The molecule has 19 heavy (non-hydrogen) atoms. The Hall–Kier alpha value is -1.48. The van der Waals surface area contributed by atoms with Crippen LogP contribution >= 0.6 is 11.6 Å². The van der Waals surface area contributed by atoms with E-state index in [-0.39, 0.29) is 0 Å². The first kappa shape index (κ1) is 12.5. The van der Waals surface area contributed by atoms with Crippen molar-refractivity contribution in [3.05, 3.63) is 41.7 Å². The molecule has 1 aliphatic rings. The molecule has 0 aliphatic heterocycles. The average molecular weight is 276 g/mol. The highest BCUT2D eigenvalue weighted by atomic mass is 35.5. The third-order valence-electron chi connectivity index (χ3n) is 3.67. The Morgan fingerprint density at radius 3 is 2.84 bits per heavy atom. The van der Waals surface area contributed by atoms with Gasteiger partial charge in [0.2, 0.25) is 5.95 Å². The molecule has 1 aromatic heterocycles. The van der Waals surface area contributed by atoms with Crippen LogP contribution in [0.4, 0.5) is 5.95 Å². The number of rotatable bonds is 3. The van der Waals surface area contributed by atoms with Crippen molar-refractivity contribution >= 4 is 17.5 Å². The number of hydrogen-bond acceptors (Lipinski definition) is 2. The quantitative estimate of drug-likeness (QED) is 0.906. The van der Waals surface area contributed by atoms with E-state index in [0.717, 1.165) is 16.7 Å². The van der Waals surface area contributed by atoms with Gasteiger partial charge < -0.3 is 5.32 Å². The predicted octanol–water partition coefficient (Wildman–Crippen LogP) is 4.27. The second-order valence-corrected chi connectivity index (χ2v) is 5.52. The highest BCUT2D eigenvalue weighted by Crippen LogP contribution is 2.23. The van der Waals surface area contributed by atoms with Crippen LogP contribution in [0.3, 0.4) is 0 Å². The molecule has 0 saturated heterocycles. The SMILES string of the molecule is Clc1cccc(-n2ccnc2NC2CCCCC2)c1. The average Bonchev–Trinajstić information content (AvgIpc) is 2.88. The number of nitrogens with zero attached hydrogens (tertiary/aromatic N) is 2. The predicted molar refractivity (Wildman–Crippen MR) is 79.1 cm³/mol. The van der Waals surface area contributed by atoms with Gasteiger partial charge in [0, 0.05) is 29.1 Å². The van der Waals surface area contributed by atoms with Crippen LogP contribution in [0, 0.1) is 0 Å². The molecule has 3 nitrogen and oxygen atoms in total. The molecule has 3 rings (SSSR count). The van der Waals surface area contributed by atoms with E-state index in [1.54, 1.807) is 0 Å². The molecule has 1 N–H and O–H groups in total. The fourth-order valence-electron chi connectivity index (χ4n) is 2.67. The summed E-state index contributed by atoms with van der Waals surface area (Å²) in [5.74, 6) is 0.911. The summed E-state index contributed by atoms with van der Waals surface area (Å²) >= 11 is 6.05. The van der Waals surface area contributed by atoms with Crippen molar-refractivity contribution in [2.75, 3.05) is 5.32 Å². The first-order valence-electron chi connectivity index (χ1n) is 6.89. The molecular weight excluding hydrogens is 258 g/mol. The first-order valence-corrected chi connectivity index (χ1v) is 7.26. The second kappa shape index (κ2) is 5.66. The van der Waals surface area contributed by atoms with Crippen molar-refractivity contribution in [1.29, 1.82) is 0 Å². The van der Waals surface area contributed by atoms with Crippen molar-refractivity contribution in [3.63, 3.8) is 0 Å². The summed E-state index contributed by atoms with van der Waals surface area (Å²) in [4.78, 5) is 4.43.